The number of amides is 2. The van der Waals surface area contributed by atoms with Gasteiger partial charge in [0, 0.05) is 40.6 Å². The third kappa shape index (κ3) is 7.41. The third-order valence-corrected chi connectivity index (χ3v) is 8.10. The molecule has 2 amide bonds. The molecule has 3 rings (SSSR count). The largest absolute Gasteiger partial charge is 0.357 e. The lowest BCUT2D eigenvalue weighted by atomic mass is 10.0. The second-order valence-corrected chi connectivity index (χ2v) is 11.9. The van der Waals surface area contributed by atoms with Gasteiger partial charge in [0.15, 0.2) is 0 Å². The SMILES string of the molecule is CNC(=O)C(Cc1ccccc1)N(Cc1c(Cl)cccc1Cl)C(=O)CN(c1cc(Cl)ccc1C)S(C)(=O)=O. The molecule has 11 heteroatoms. The minimum absolute atomic E-state index is 0.117. The van der Waals surface area contributed by atoms with Gasteiger partial charge in [-0.3, -0.25) is 13.9 Å². The van der Waals surface area contributed by atoms with Crippen molar-refractivity contribution in [2.75, 3.05) is 24.2 Å². The van der Waals surface area contributed by atoms with Gasteiger partial charge in [0.25, 0.3) is 0 Å². The summed E-state index contributed by atoms with van der Waals surface area (Å²) in [5.41, 5.74) is 2.13. The van der Waals surface area contributed by atoms with Crippen LogP contribution in [0, 0.1) is 6.92 Å². The van der Waals surface area contributed by atoms with E-state index in [1.165, 1.54) is 18.0 Å². The first-order chi connectivity index (χ1) is 17.9. The van der Waals surface area contributed by atoms with Crippen molar-refractivity contribution in [1.29, 1.82) is 0 Å². The molecule has 0 bridgehead atoms. The van der Waals surface area contributed by atoms with Gasteiger partial charge in [-0.05, 0) is 42.3 Å². The van der Waals surface area contributed by atoms with Crippen LogP contribution in [0.1, 0.15) is 16.7 Å². The number of hydrogen-bond donors (Lipinski definition) is 1. The van der Waals surface area contributed by atoms with Gasteiger partial charge >= 0.3 is 0 Å². The number of anilines is 1. The van der Waals surface area contributed by atoms with E-state index in [0.717, 1.165) is 16.1 Å². The van der Waals surface area contributed by atoms with Crippen molar-refractivity contribution in [2.45, 2.75) is 25.9 Å². The first-order valence-electron chi connectivity index (χ1n) is 11.6. The number of nitrogens with one attached hydrogen (secondary N) is 1. The number of aryl methyl sites for hydroxylation is 1. The van der Waals surface area contributed by atoms with Crippen molar-refractivity contribution in [3.63, 3.8) is 0 Å². The molecule has 3 aromatic rings. The topological polar surface area (TPSA) is 86.8 Å². The van der Waals surface area contributed by atoms with Crippen LogP contribution < -0.4 is 9.62 Å². The Morgan fingerprint density at radius 1 is 0.947 bits per heavy atom. The van der Waals surface area contributed by atoms with Crippen LogP contribution in [0.3, 0.4) is 0 Å². The highest BCUT2D eigenvalue weighted by Crippen LogP contribution is 2.29. The van der Waals surface area contributed by atoms with E-state index >= 15 is 0 Å². The summed E-state index contributed by atoms with van der Waals surface area (Å²) in [6.45, 7) is 1.04. The Morgan fingerprint density at radius 2 is 1.58 bits per heavy atom. The Hall–Kier alpha value is -2.78. The summed E-state index contributed by atoms with van der Waals surface area (Å²) in [6.07, 6.45) is 1.19. The zero-order chi connectivity index (χ0) is 28.0. The summed E-state index contributed by atoms with van der Waals surface area (Å²) in [4.78, 5) is 28.4. The first kappa shape index (κ1) is 29.8. The number of likely N-dealkylation sites (N-methyl/N-ethyl adjacent to an activating group) is 1. The number of halogens is 3. The van der Waals surface area contributed by atoms with Crippen LogP contribution in [0.25, 0.3) is 0 Å². The van der Waals surface area contributed by atoms with Gasteiger partial charge < -0.3 is 10.2 Å². The second-order valence-electron chi connectivity index (χ2n) is 8.74. The van der Waals surface area contributed by atoms with Crippen LogP contribution in [-0.2, 0) is 32.6 Å². The number of carbonyl (C=O) groups excluding carboxylic acids is 2. The minimum atomic E-state index is -3.91. The molecule has 0 heterocycles. The highest BCUT2D eigenvalue weighted by atomic mass is 35.5. The van der Waals surface area contributed by atoms with Crippen LogP contribution in [0.4, 0.5) is 5.69 Å². The van der Waals surface area contributed by atoms with Crippen LogP contribution in [0.15, 0.2) is 66.7 Å². The number of benzene rings is 3. The van der Waals surface area contributed by atoms with E-state index in [9.17, 15) is 18.0 Å². The molecule has 0 spiro atoms. The van der Waals surface area contributed by atoms with E-state index in [1.807, 2.05) is 30.3 Å². The molecule has 0 saturated heterocycles. The van der Waals surface area contributed by atoms with E-state index in [-0.39, 0.29) is 18.7 Å². The van der Waals surface area contributed by atoms with E-state index in [1.54, 1.807) is 37.3 Å². The number of sulfonamides is 1. The molecule has 0 aliphatic rings. The molecule has 1 N–H and O–H groups in total. The monoisotopic (exact) mass is 595 g/mol. The number of hydrogen-bond acceptors (Lipinski definition) is 4. The molecular formula is C27H28Cl3N3O4S. The van der Waals surface area contributed by atoms with Gasteiger partial charge in [0.1, 0.15) is 12.6 Å². The fourth-order valence-electron chi connectivity index (χ4n) is 4.02. The predicted octanol–water partition coefficient (Wildman–Crippen LogP) is 5.11. The normalized spacial score (nSPS) is 12.1. The molecule has 202 valence electrons. The minimum Gasteiger partial charge on any atom is -0.357 e. The predicted molar refractivity (Wildman–Crippen MR) is 153 cm³/mol. The maximum atomic E-state index is 14.0. The summed E-state index contributed by atoms with van der Waals surface area (Å²) in [7, 11) is -2.44. The summed E-state index contributed by atoms with van der Waals surface area (Å²) < 4.78 is 26.7. The van der Waals surface area contributed by atoms with Gasteiger partial charge in [-0.25, -0.2) is 8.42 Å². The molecule has 0 fully saturated rings. The molecule has 3 aromatic carbocycles. The van der Waals surface area contributed by atoms with E-state index in [4.69, 9.17) is 34.8 Å². The van der Waals surface area contributed by atoms with Crippen molar-refractivity contribution in [3.8, 4) is 0 Å². The Balaban J connectivity index is 2.10. The molecule has 1 unspecified atom stereocenters. The van der Waals surface area contributed by atoms with Crippen LogP contribution in [-0.4, -0.2) is 51.0 Å². The Morgan fingerprint density at radius 3 is 2.16 bits per heavy atom. The lowest BCUT2D eigenvalue weighted by Gasteiger charge is -2.34. The molecular weight excluding hydrogens is 569 g/mol. The smallest absolute Gasteiger partial charge is 0.244 e. The Kier molecular flexibility index (Phi) is 10.1. The molecule has 38 heavy (non-hydrogen) atoms. The fraction of sp³-hybridized carbons (Fsp3) is 0.259. The molecule has 0 aliphatic heterocycles. The molecule has 0 radical (unpaired) electrons. The maximum Gasteiger partial charge on any atom is 0.244 e. The zero-order valence-corrected chi connectivity index (χ0v) is 24.2. The Bertz CT molecular complexity index is 1400. The molecule has 0 saturated carbocycles. The van der Waals surface area contributed by atoms with Crippen molar-refractivity contribution in [1.82, 2.24) is 10.2 Å². The number of carbonyl (C=O) groups is 2. The summed E-state index contributed by atoms with van der Waals surface area (Å²) >= 11 is 19.0. The zero-order valence-electron chi connectivity index (χ0n) is 21.1. The maximum absolute atomic E-state index is 14.0. The molecule has 1 atom stereocenters. The van der Waals surface area contributed by atoms with Crippen molar-refractivity contribution < 1.29 is 18.0 Å². The molecule has 0 aromatic heterocycles. The average Bonchev–Trinajstić information content (AvgIpc) is 2.87. The van der Waals surface area contributed by atoms with Gasteiger partial charge in [0.2, 0.25) is 21.8 Å². The lowest BCUT2D eigenvalue weighted by Crippen LogP contribution is -2.53. The number of nitrogens with zero attached hydrogens (tertiary/aromatic N) is 2. The molecule has 0 aliphatic carbocycles. The highest BCUT2D eigenvalue weighted by Gasteiger charge is 2.33. The van der Waals surface area contributed by atoms with E-state index < -0.39 is 34.4 Å². The van der Waals surface area contributed by atoms with Crippen LogP contribution in [0.5, 0.6) is 0 Å². The van der Waals surface area contributed by atoms with Gasteiger partial charge in [-0.1, -0.05) is 77.3 Å². The standard InChI is InChI=1S/C27H28Cl3N3O4S/c1-18-12-13-20(28)15-24(18)33(38(3,36)37)17-26(34)32(16-21-22(29)10-7-11-23(21)30)25(27(35)31-2)14-19-8-5-4-6-9-19/h4-13,15,25H,14,16-17H2,1-3H3,(H,31,35). The third-order valence-electron chi connectivity index (χ3n) is 6.03. The van der Waals surface area contributed by atoms with Crippen molar-refractivity contribution in [2.24, 2.45) is 0 Å². The summed E-state index contributed by atoms with van der Waals surface area (Å²) in [6, 6.07) is 18.0. The Labute approximate surface area is 238 Å². The first-order valence-corrected chi connectivity index (χ1v) is 14.6. The summed E-state index contributed by atoms with van der Waals surface area (Å²) in [5, 5.41) is 3.57. The van der Waals surface area contributed by atoms with Crippen LogP contribution >= 0.6 is 34.8 Å². The number of rotatable bonds is 10. The quantitative estimate of drug-likeness (QED) is 0.353. The van der Waals surface area contributed by atoms with Crippen LogP contribution in [0.2, 0.25) is 15.1 Å². The van der Waals surface area contributed by atoms with Gasteiger partial charge in [0.05, 0.1) is 11.9 Å². The highest BCUT2D eigenvalue weighted by molar-refractivity contribution is 7.92. The molecule has 7 nitrogen and oxygen atoms in total. The van der Waals surface area contributed by atoms with E-state index in [2.05, 4.69) is 5.32 Å². The average molecular weight is 597 g/mol. The van der Waals surface area contributed by atoms with Crippen molar-refractivity contribution in [3.05, 3.63) is 98.5 Å². The fourth-order valence-corrected chi connectivity index (χ4v) is 5.60. The van der Waals surface area contributed by atoms with Crippen molar-refractivity contribution >= 4 is 62.3 Å². The lowest BCUT2D eigenvalue weighted by molar-refractivity contribution is -0.139. The van der Waals surface area contributed by atoms with Gasteiger partial charge in [-0.15, -0.1) is 0 Å². The van der Waals surface area contributed by atoms with E-state index in [0.29, 0.717) is 26.2 Å². The van der Waals surface area contributed by atoms with Gasteiger partial charge in [-0.2, -0.15) is 0 Å². The second kappa shape index (κ2) is 12.8. The summed E-state index contributed by atoms with van der Waals surface area (Å²) in [5.74, 6) is -1.04.